The van der Waals surface area contributed by atoms with Crippen LogP contribution < -0.4 is 15.4 Å². The Morgan fingerprint density at radius 1 is 1.08 bits per heavy atom. The summed E-state index contributed by atoms with van der Waals surface area (Å²) < 4.78 is 3.66. The summed E-state index contributed by atoms with van der Waals surface area (Å²) in [6.07, 6.45) is 0. The van der Waals surface area contributed by atoms with Gasteiger partial charge >= 0.3 is 0 Å². The normalized spacial score (nSPS) is 15.2. The van der Waals surface area contributed by atoms with Gasteiger partial charge in [-0.15, -0.1) is 0 Å². The van der Waals surface area contributed by atoms with E-state index in [-0.39, 0.29) is 5.56 Å². The van der Waals surface area contributed by atoms with Crippen LogP contribution in [-0.2, 0) is 7.05 Å². The van der Waals surface area contributed by atoms with Gasteiger partial charge in [-0.1, -0.05) is 27.3 Å². The standard InChI is InChI=1S/C16H16BrN5OS/c1-20-15(23)5-4-14(19-20)21-6-8-22(9-7-21)16-18-12-3-2-11(17)10-13(12)24-16/h2-5,10H,6-9H2,1H3. The number of anilines is 2. The molecule has 4 rings (SSSR count). The number of aryl methyl sites for hydroxylation is 1. The zero-order valence-corrected chi connectivity index (χ0v) is 15.5. The molecule has 0 N–H and O–H groups in total. The monoisotopic (exact) mass is 405 g/mol. The highest BCUT2D eigenvalue weighted by Gasteiger charge is 2.21. The van der Waals surface area contributed by atoms with Gasteiger partial charge in [-0.2, -0.15) is 5.10 Å². The minimum atomic E-state index is -0.0852. The highest BCUT2D eigenvalue weighted by atomic mass is 79.9. The number of fused-ring (bicyclic) bond motifs is 1. The van der Waals surface area contributed by atoms with E-state index >= 15 is 0 Å². The molecule has 0 atom stereocenters. The first kappa shape index (κ1) is 15.6. The number of thiazole rings is 1. The van der Waals surface area contributed by atoms with Gasteiger partial charge in [-0.3, -0.25) is 4.79 Å². The number of piperazine rings is 1. The van der Waals surface area contributed by atoms with E-state index < -0.39 is 0 Å². The highest BCUT2D eigenvalue weighted by molar-refractivity contribution is 9.10. The molecule has 1 aliphatic heterocycles. The van der Waals surface area contributed by atoms with Crippen LogP contribution in [0, 0.1) is 0 Å². The average Bonchev–Trinajstić information content (AvgIpc) is 3.00. The number of hydrogen-bond acceptors (Lipinski definition) is 6. The number of rotatable bonds is 2. The zero-order chi connectivity index (χ0) is 16.7. The molecule has 1 saturated heterocycles. The van der Waals surface area contributed by atoms with E-state index in [9.17, 15) is 4.79 Å². The first-order valence-corrected chi connectivity index (χ1v) is 9.31. The fraction of sp³-hybridized carbons (Fsp3) is 0.312. The van der Waals surface area contributed by atoms with Gasteiger partial charge in [0.05, 0.1) is 10.2 Å². The maximum Gasteiger partial charge on any atom is 0.266 e. The van der Waals surface area contributed by atoms with Crippen molar-refractivity contribution in [3.63, 3.8) is 0 Å². The summed E-state index contributed by atoms with van der Waals surface area (Å²) in [6.45, 7) is 3.52. The summed E-state index contributed by atoms with van der Waals surface area (Å²) in [5.41, 5.74) is 0.957. The van der Waals surface area contributed by atoms with Crippen molar-refractivity contribution in [2.75, 3.05) is 36.0 Å². The molecule has 2 aromatic heterocycles. The largest absolute Gasteiger partial charge is 0.352 e. The molecule has 1 aliphatic rings. The predicted molar refractivity (Wildman–Crippen MR) is 101 cm³/mol. The quantitative estimate of drug-likeness (QED) is 0.655. The fourth-order valence-electron chi connectivity index (χ4n) is 2.81. The second kappa shape index (κ2) is 6.18. The summed E-state index contributed by atoms with van der Waals surface area (Å²) in [7, 11) is 1.68. The van der Waals surface area contributed by atoms with E-state index in [1.165, 1.54) is 9.38 Å². The molecule has 3 aromatic rings. The Kier molecular flexibility index (Phi) is 4.01. The van der Waals surface area contributed by atoms with Gasteiger partial charge in [0.25, 0.3) is 5.56 Å². The van der Waals surface area contributed by atoms with Crippen molar-refractivity contribution in [2.24, 2.45) is 7.05 Å². The van der Waals surface area contributed by atoms with Crippen LogP contribution in [0.15, 0.2) is 39.6 Å². The van der Waals surface area contributed by atoms with Gasteiger partial charge in [-0.05, 0) is 24.3 Å². The van der Waals surface area contributed by atoms with Crippen molar-refractivity contribution in [2.45, 2.75) is 0 Å². The van der Waals surface area contributed by atoms with Crippen LogP contribution in [0.5, 0.6) is 0 Å². The molecule has 1 fully saturated rings. The first-order valence-electron chi connectivity index (χ1n) is 7.70. The van der Waals surface area contributed by atoms with Crippen molar-refractivity contribution in [3.05, 3.63) is 45.2 Å². The molecule has 0 aliphatic carbocycles. The Bertz CT molecular complexity index is 945. The van der Waals surface area contributed by atoms with Gasteiger partial charge < -0.3 is 9.80 Å². The molecule has 3 heterocycles. The van der Waals surface area contributed by atoms with Gasteiger partial charge in [0.15, 0.2) is 5.13 Å². The summed E-state index contributed by atoms with van der Waals surface area (Å²) >= 11 is 5.23. The van der Waals surface area contributed by atoms with Crippen LogP contribution in [0.3, 0.4) is 0 Å². The third-order valence-corrected chi connectivity index (χ3v) is 5.73. The van der Waals surface area contributed by atoms with E-state index in [4.69, 9.17) is 4.98 Å². The van der Waals surface area contributed by atoms with Crippen LogP contribution in [-0.4, -0.2) is 40.9 Å². The average molecular weight is 406 g/mol. The van der Waals surface area contributed by atoms with Crippen molar-refractivity contribution in [1.29, 1.82) is 0 Å². The van der Waals surface area contributed by atoms with Crippen molar-refractivity contribution in [3.8, 4) is 0 Å². The smallest absolute Gasteiger partial charge is 0.266 e. The fourth-order valence-corrected chi connectivity index (χ4v) is 4.38. The lowest BCUT2D eigenvalue weighted by molar-refractivity contribution is 0.623. The van der Waals surface area contributed by atoms with E-state index in [2.05, 4.69) is 36.9 Å². The molecule has 1 aromatic carbocycles. The number of halogens is 1. The summed E-state index contributed by atoms with van der Waals surface area (Å²) in [5, 5.41) is 5.40. The molecule has 0 saturated carbocycles. The summed E-state index contributed by atoms with van der Waals surface area (Å²) in [5.74, 6) is 0.852. The Morgan fingerprint density at radius 3 is 2.58 bits per heavy atom. The topological polar surface area (TPSA) is 54.3 Å². The predicted octanol–water partition coefficient (Wildman–Crippen LogP) is 2.48. The van der Waals surface area contributed by atoms with Crippen molar-refractivity contribution >= 4 is 48.4 Å². The third kappa shape index (κ3) is 2.91. The lowest BCUT2D eigenvalue weighted by Gasteiger charge is -2.35. The molecule has 6 nitrogen and oxygen atoms in total. The second-order valence-electron chi connectivity index (χ2n) is 5.74. The maximum atomic E-state index is 11.5. The Hall–Kier alpha value is -1.93. The molecular weight excluding hydrogens is 390 g/mol. The summed E-state index contributed by atoms with van der Waals surface area (Å²) in [6, 6.07) is 9.55. The molecule has 24 heavy (non-hydrogen) atoms. The highest BCUT2D eigenvalue weighted by Crippen LogP contribution is 2.31. The van der Waals surface area contributed by atoms with E-state index in [1.54, 1.807) is 30.5 Å². The second-order valence-corrected chi connectivity index (χ2v) is 7.66. The van der Waals surface area contributed by atoms with Gasteiger partial charge in [-0.25, -0.2) is 9.67 Å². The number of nitrogens with zero attached hydrogens (tertiary/aromatic N) is 5. The molecule has 0 amide bonds. The van der Waals surface area contributed by atoms with Crippen LogP contribution in [0.1, 0.15) is 0 Å². The van der Waals surface area contributed by atoms with E-state index in [0.29, 0.717) is 0 Å². The molecule has 0 unspecified atom stereocenters. The van der Waals surface area contributed by atoms with Gasteiger partial charge in [0.2, 0.25) is 0 Å². The first-order chi connectivity index (χ1) is 11.6. The van der Waals surface area contributed by atoms with Crippen LogP contribution in [0.4, 0.5) is 10.9 Å². The SMILES string of the molecule is Cn1nc(N2CCN(c3nc4ccc(Br)cc4s3)CC2)ccc1=O. The third-order valence-electron chi connectivity index (χ3n) is 4.16. The minimum absolute atomic E-state index is 0.0852. The number of aromatic nitrogens is 3. The van der Waals surface area contributed by atoms with Gasteiger partial charge in [0, 0.05) is 43.8 Å². The molecular formula is C16H16BrN5OS. The van der Waals surface area contributed by atoms with Crippen LogP contribution in [0.2, 0.25) is 0 Å². The van der Waals surface area contributed by atoms with Crippen LogP contribution >= 0.6 is 27.3 Å². The molecule has 0 bridgehead atoms. The summed E-state index contributed by atoms with van der Waals surface area (Å²) in [4.78, 5) is 20.7. The minimum Gasteiger partial charge on any atom is -0.352 e. The van der Waals surface area contributed by atoms with Gasteiger partial charge in [0.1, 0.15) is 5.82 Å². The van der Waals surface area contributed by atoms with Crippen molar-refractivity contribution in [1.82, 2.24) is 14.8 Å². The number of hydrogen-bond donors (Lipinski definition) is 0. The molecule has 124 valence electrons. The Balaban J connectivity index is 1.50. The number of benzene rings is 1. The molecule has 8 heteroatoms. The Morgan fingerprint density at radius 2 is 1.83 bits per heavy atom. The maximum absolute atomic E-state index is 11.5. The molecule has 0 spiro atoms. The lowest BCUT2D eigenvalue weighted by atomic mass is 10.3. The van der Waals surface area contributed by atoms with E-state index in [0.717, 1.165) is 47.1 Å². The van der Waals surface area contributed by atoms with Crippen molar-refractivity contribution < 1.29 is 0 Å². The zero-order valence-electron chi connectivity index (χ0n) is 13.1. The molecule has 0 radical (unpaired) electrons. The Labute approximate surface area is 151 Å². The van der Waals surface area contributed by atoms with E-state index in [1.807, 2.05) is 12.1 Å². The lowest BCUT2D eigenvalue weighted by Crippen LogP contribution is -2.47. The van der Waals surface area contributed by atoms with Crippen LogP contribution in [0.25, 0.3) is 10.2 Å².